The number of carbonyl (C=O) groups excluding carboxylic acids is 1. The van der Waals surface area contributed by atoms with Crippen molar-refractivity contribution in [3.05, 3.63) is 84.3 Å². The average Bonchev–Trinajstić information content (AvgIpc) is 3.26. The van der Waals surface area contributed by atoms with Crippen LogP contribution in [0.5, 0.6) is 5.75 Å². The first-order valence-electron chi connectivity index (χ1n) is 11.2. The summed E-state index contributed by atoms with van der Waals surface area (Å²) in [7, 11) is 0. The number of fused-ring (bicyclic) bond motifs is 1. The van der Waals surface area contributed by atoms with Gasteiger partial charge in [-0.3, -0.25) is 4.79 Å². The molecule has 1 heterocycles. The predicted octanol–water partition coefficient (Wildman–Crippen LogP) is 6.46. The fraction of sp³-hybridized carbons (Fsp3) is 0.231. The molecule has 0 saturated heterocycles. The summed E-state index contributed by atoms with van der Waals surface area (Å²) in [6.45, 7) is 3.49. The van der Waals surface area contributed by atoms with Crippen LogP contribution < -0.4 is 10.1 Å². The van der Waals surface area contributed by atoms with E-state index in [0.29, 0.717) is 17.0 Å². The number of hydrogen-bond donors (Lipinski definition) is 1. The Balaban J connectivity index is 1.63. The van der Waals surface area contributed by atoms with Crippen molar-refractivity contribution in [2.45, 2.75) is 37.1 Å². The van der Waals surface area contributed by atoms with Crippen molar-refractivity contribution in [3.8, 4) is 11.4 Å². The molecule has 0 saturated carbocycles. The summed E-state index contributed by atoms with van der Waals surface area (Å²) < 4.78 is 59.8. The third kappa shape index (κ3) is 5.81. The number of aromatic nitrogens is 2. The molecule has 10 heteroatoms. The minimum atomic E-state index is -5.01. The van der Waals surface area contributed by atoms with E-state index in [0.717, 1.165) is 21.6 Å². The number of alkyl halides is 3. The summed E-state index contributed by atoms with van der Waals surface area (Å²) in [5, 5.41) is 7.08. The fourth-order valence-corrected chi connectivity index (χ4v) is 4.42. The first kappa shape index (κ1) is 25.6. The largest absolute Gasteiger partial charge is 0.484 e. The maximum atomic E-state index is 13.3. The van der Waals surface area contributed by atoms with E-state index in [-0.39, 0.29) is 5.82 Å². The second-order valence-electron chi connectivity index (χ2n) is 8.05. The molecule has 5 nitrogen and oxygen atoms in total. The highest BCUT2D eigenvalue weighted by Gasteiger charge is 2.40. The lowest BCUT2D eigenvalue weighted by Gasteiger charge is -2.27. The van der Waals surface area contributed by atoms with Crippen LogP contribution in [0.2, 0.25) is 0 Å². The topological polar surface area (TPSA) is 56.1 Å². The third-order valence-corrected chi connectivity index (χ3v) is 6.36. The van der Waals surface area contributed by atoms with E-state index in [4.69, 9.17) is 4.74 Å². The van der Waals surface area contributed by atoms with Crippen LogP contribution in [0.25, 0.3) is 16.6 Å². The summed E-state index contributed by atoms with van der Waals surface area (Å²) in [6, 6.07) is 17.4. The molecule has 0 aliphatic carbocycles. The van der Waals surface area contributed by atoms with Gasteiger partial charge in [-0.15, -0.1) is 11.8 Å². The van der Waals surface area contributed by atoms with E-state index in [2.05, 4.69) is 5.10 Å². The standard InChI is InChI=1S/C26H23F4N3O2S/c1-3-36-22-11-4-17(5-12-22)24(16(2)32-25(34)26(28,29)30)35-21-10-13-23-18(14-21)15-31-33(23)20-8-6-19(27)7-9-20/h4-16,24H,3H2,1-2H3,(H,32,34)/t16-,24-/m0/s1. The number of nitrogens with one attached hydrogen (secondary N) is 1. The molecule has 0 fully saturated rings. The molecule has 0 spiro atoms. The van der Waals surface area contributed by atoms with Gasteiger partial charge in [-0.1, -0.05) is 19.1 Å². The van der Waals surface area contributed by atoms with Gasteiger partial charge in [0.15, 0.2) is 0 Å². The van der Waals surface area contributed by atoms with Crippen LogP contribution in [0, 0.1) is 5.82 Å². The maximum Gasteiger partial charge on any atom is 0.471 e. The molecular weight excluding hydrogens is 494 g/mol. The van der Waals surface area contributed by atoms with Gasteiger partial charge in [0.05, 0.1) is 23.4 Å². The monoisotopic (exact) mass is 517 g/mol. The van der Waals surface area contributed by atoms with Crippen LogP contribution in [0.15, 0.2) is 77.8 Å². The Kier molecular flexibility index (Phi) is 7.53. The highest BCUT2D eigenvalue weighted by atomic mass is 32.2. The lowest BCUT2D eigenvalue weighted by atomic mass is 10.0. The van der Waals surface area contributed by atoms with Gasteiger partial charge in [-0.25, -0.2) is 9.07 Å². The molecule has 188 valence electrons. The van der Waals surface area contributed by atoms with E-state index < -0.39 is 24.2 Å². The summed E-state index contributed by atoms with van der Waals surface area (Å²) >= 11 is 1.64. The first-order chi connectivity index (χ1) is 17.2. The second-order valence-corrected chi connectivity index (χ2v) is 9.39. The van der Waals surface area contributed by atoms with Crippen molar-refractivity contribution in [2.24, 2.45) is 0 Å². The molecule has 3 aromatic carbocycles. The van der Waals surface area contributed by atoms with Gasteiger partial charge in [0, 0.05) is 10.3 Å². The quantitative estimate of drug-likeness (QED) is 0.215. The van der Waals surface area contributed by atoms with Crippen molar-refractivity contribution in [2.75, 3.05) is 5.75 Å². The van der Waals surface area contributed by atoms with Gasteiger partial charge in [0.2, 0.25) is 0 Å². The Morgan fingerprint density at radius 1 is 1.08 bits per heavy atom. The molecule has 0 aliphatic rings. The van der Waals surface area contributed by atoms with Crippen molar-refractivity contribution >= 4 is 28.6 Å². The Morgan fingerprint density at radius 2 is 1.78 bits per heavy atom. The normalized spacial score (nSPS) is 13.4. The van der Waals surface area contributed by atoms with Gasteiger partial charge < -0.3 is 10.1 Å². The third-order valence-electron chi connectivity index (χ3n) is 5.46. The minimum Gasteiger partial charge on any atom is -0.484 e. The number of nitrogens with zero attached hydrogens (tertiary/aromatic N) is 2. The fourth-order valence-electron chi connectivity index (χ4n) is 3.76. The van der Waals surface area contributed by atoms with Crippen molar-refractivity contribution < 1.29 is 27.1 Å². The van der Waals surface area contributed by atoms with Crippen molar-refractivity contribution in [1.29, 1.82) is 0 Å². The number of thioether (sulfide) groups is 1. The van der Waals surface area contributed by atoms with Gasteiger partial charge >= 0.3 is 12.1 Å². The van der Waals surface area contributed by atoms with E-state index >= 15 is 0 Å². The summed E-state index contributed by atoms with van der Waals surface area (Å²) in [6.07, 6.45) is -4.28. The van der Waals surface area contributed by atoms with E-state index in [9.17, 15) is 22.4 Å². The van der Waals surface area contributed by atoms with Crippen LogP contribution >= 0.6 is 11.8 Å². The number of hydrogen-bond acceptors (Lipinski definition) is 4. The lowest BCUT2D eigenvalue weighted by molar-refractivity contribution is -0.174. The molecule has 1 N–H and O–H groups in total. The first-order valence-corrected chi connectivity index (χ1v) is 12.1. The number of carbonyl (C=O) groups is 1. The zero-order valence-electron chi connectivity index (χ0n) is 19.4. The number of amides is 1. The highest BCUT2D eigenvalue weighted by molar-refractivity contribution is 7.99. The predicted molar refractivity (Wildman–Crippen MR) is 131 cm³/mol. The van der Waals surface area contributed by atoms with Crippen molar-refractivity contribution in [1.82, 2.24) is 15.1 Å². The molecule has 1 amide bonds. The van der Waals surface area contributed by atoms with Crippen LogP contribution in [0.3, 0.4) is 0 Å². The molecule has 36 heavy (non-hydrogen) atoms. The summed E-state index contributed by atoms with van der Waals surface area (Å²) in [5.41, 5.74) is 2.03. The van der Waals surface area contributed by atoms with Crippen LogP contribution in [0.4, 0.5) is 17.6 Å². The number of halogens is 4. The minimum absolute atomic E-state index is 0.356. The molecule has 0 aliphatic heterocycles. The number of ether oxygens (including phenoxy) is 1. The van der Waals surface area contributed by atoms with Crippen LogP contribution in [0.1, 0.15) is 25.5 Å². The SMILES string of the molecule is CCSc1ccc([C@@H](Oc2ccc3c(cnn3-c3ccc(F)cc3)c2)[C@H](C)NC(=O)C(F)(F)F)cc1. The molecular formula is C26H23F4N3O2S. The van der Waals surface area contributed by atoms with Gasteiger partial charge in [0.1, 0.15) is 17.7 Å². The molecule has 4 aromatic rings. The Labute approximate surface area is 209 Å². The van der Waals surface area contributed by atoms with Gasteiger partial charge in [-0.05, 0) is 72.8 Å². The molecule has 4 rings (SSSR count). The van der Waals surface area contributed by atoms with Gasteiger partial charge in [0.25, 0.3) is 0 Å². The van der Waals surface area contributed by atoms with E-state index in [1.165, 1.54) is 19.1 Å². The average molecular weight is 518 g/mol. The molecule has 2 atom stereocenters. The van der Waals surface area contributed by atoms with Crippen molar-refractivity contribution in [3.63, 3.8) is 0 Å². The Hall–Kier alpha value is -3.53. The number of benzene rings is 3. The maximum absolute atomic E-state index is 13.3. The zero-order valence-corrected chi connectivity index (χ0v) is 20.2. The second kappa shape index (κ2) is 10.6. The van der Waals surface area contributed by atoms with Crippen LogP contribution in [-0.4, -0.2) is 33.7 Å². The summed E-state index contributed by atoms with van der Waals surface area (Å²) in [5.74, 6) is -1.11. The molecule has 1 aromatic heterocycles. The molecule has 0 bridgehead atoms. The smallest absolute Gasteiger partial charge is 0.471 e. The van der Waals surface area contributed by atoms with Crippen LogP contribution in [-0.2, 0) is 4.79 Å². The molecule has 0 unspecified atom stereocenters. The number of rotatable bonds is 8. The van der Waals surface area contributed by atoms with E-state index in [1.807, 2.05) is 24.4 Å². The lowest BCUT2D eigenvalue weighted by Crippen LogP contribution is -2.45. The highest BCUT2D eigenvalue weighted by Crippen LogP contribution is 2.30. The summed E-state index contributed by atoms with van der Waals surface area (Å²) in [4.78, 5) is 12.6. The molecule has 0 radical (unpaired) electrons. The van der Waals surface area contributed by atoms with Gasteiger partial charge in [-0.2, -0.15) is 18.3 Å². The Bertz CT molecular complexity index is 1340. The van der Waals surface area contributed by atoms with E-state index in [1.54, 1.807) is 65.1 Å². The Morgan fingerprint density at radius 3 is 2.42 bits per heavy atom. The zero-order chi connectivity index (χ0) is 25.9.